The number of hydrogen-bond acceptors (Lipinski definition) is 8. The van der Waals surface area contributed by atoms with Crippen molar-refractivity contribution in [2.24, 2.45) is 5.92 Å². The highest BCUT2D eigenvalue weighted by Gasteiger charge is 2.24. The highest BCUT2D eigenvalue weighted by Crippen LogP contribution is 2.35. The fourth-order valence-electron chi connectivity index (χ4n) is 4.22. The van der Waals surface area contributed by atoms with Crippen molar-refractivity contribution in [1.29, 1.82) is 0 Å². The number of aliphatic hydroxyl groups is 1. The lowest BCUT2D eigenvalue weighted by molar-refractivity contribution is 0.108. The van der Waals surface area contributed by atoms with Crippen molar-refractivity contribution < 1.29 is 19.1 Å². The normalized spacial score (nSPS) is 16.7. The number of ether oxygens (including phenoxy) is 2. The number of nitrogens with one attached hydrogen (secondary N) is 1. The van der Waals surface area contributed by atoms with Gasteiger partial charge in [0.1, 0.15) is 24.2 Å². The van der Waals surface area contributed by atoms with E-state index >= 15 is 0 Å². The summed E-state index contributed by atoms with van der Waals surface area (Å²) in [4.78, 5) is 9.87. The third kappa shape index (κ3) is 5.41. The molecule has 9 heteroatoms. The number of halogens is 1. The van der Waals surface area contributed by atoms with Crippen molar-refractivity contribution in [2.75, 3.05) is 33.4 Å². The molecule has 2 aromatic heterocycles. The molecule has 34 heavy (non-hydrogen) atoms. The van der Waals surface area contributed by atoms with Crippen LogP contribution in [0.15, 0.2) is 22.7 Å². The maximum absolute atomic E-state index is 9.98. The standard InChI is InChI=1S/C25H31ClN4O4/c1-14-22(9-17-7-8-32-12-17)28-25(29-24(14)23-15(2)30-34-16(23)3)20-10-19(5-6-21(20)26)33-13-18(31)11-27-4/h5-6,10,17-18,27,31H,7-9,11-13H2,1-4H3/t17-,18-/m1/s1. The molecule has 2 N–H and O–H groups in total. The number of aliphatic hydroxyl groups excluding tert-OH is 1. The molecular weight excluding hydrogens is 456 g/mol. The lowest BCUT2D eigenvalue weighted by atomic mass is 9.96. The van der Waals surface area contributed by atoms with E-state index in [0.29, 0.717) is 40.4 Å². The minimum atomic E-state index is -0.619. The molecule has 1 aliphatic heterocycles. The first-order valence-corrected chi connectivity index (χ1v) is 11.9. The second-order valence-corrected chi connectivity index (χ2v) is 9.17. The van der Waals surface area contributed by atoms with Crippen LogP contribution in [0.2, 0.25) is 5.02 Å². The molecule has 4 rings (SSSR count). The van der Waals surface area contributed by atoms with Gasteiger partial charge >= 0.3 is 0 Å². The van der Waals surface area contributed by atoms with Gasteiger partial charge in [-0.15, -0.1) is 0 Å². The van der Waals surface area contributed by atoms with Gasteiger partial charge in [-0.05, 0) is 70.3 Å². The van der Waals surface area contributed by atoms with Crippen LogP contribution < -0.4 is 10.1 Å². The zero-order valence-electron chi connectivity index (χ0n) is 20.0. The molecular formula is C25H31ClN4O4. The summed E-state index contributed by atoms with van der Waals surface area (Å²) in [5.41, 5.74) is 5.08. The average molecular weight is 487 g/mol. The largest absolute Gasteiger partial charge is 0.491 e. The Hall–Kier alpha value is -2.52. The van der Waals surface area contributed by atoms with E-state index in [4.69, 9.17) is 35.6 Å². The average Bonchev–Trinajstić information content (AvgIpc) is 3.44. The SMILES string of the molecule is CNC[C@@H](O)COc1ccc(Cl)c(-c2nc(C[C@H]3CCOC3)c(C)c(-c3c(C)noc3C)n2)c1. The van der Waals surface area contributed by atoms with E-state index in [9.17, 15) is 5.11 Å². The molecule has 0 saturated carbocycles. The van der Waals surface area contributed by atoms with Crippen LogP contribution in [0.4, 0.5) is 0 Å². The molecule has 8 nitrogen and oxygen atoms in total. The molecule has 0 amide bonds. The fourth-order valence-corrected chi connectivity index (χ4v) is 4.42. The maximum atomic E-state index is 9.98. The van der Waals surface area contributed by atoms with Gasteiger partial charge in [-0.1, -0.05) is 16.8 Å². The van der Waals surface area contributed by atoms with Gasteiger partial charge < -0.3 is 24.4 Å². The van der Waals surface area contributed by atoms with Crippen molar-refractivity contribution in [1.82, 2.24) is 20.4 Å². The van der Waals surface area contributed by atoms with E-state index in [1.165, 1.54) is 0 Å². The lowest BCUT2D eigenvalue weighted by Gasteiger charge is -2.16. The molecule has 0 aliphatic carbocycles. The summed E-state index contributed by atoms with van der Waals surface area (Å²) in [6.07, 6.45) is 1.19. The van der Waals surface area contributed by atoms with Crippen LogP contribution in [-0.4, -0.2) is 59.7 Å². The molecule has 1 aliphatic rings. The number of benzene rings is 1. The summed E-state index contributed by atoms with van der Waals surface area (Å²) < 4.78 is 16.8. The molecule has 182 valence electrons. The summed E-state index contributed by atoms with van der Waals surface area (Å²) in [5, 5.41) is 17.6. The number of nitrogens with zero attached hydrogens (tertiary/aromatic N) is 3. The van der Waals surface area contributed by atoms with E-state index in [-0.39, 0.29) is 6.61 Å². The van der Waals surface area contributed by atoms with Crippen LogP contribution in [0.25, 0.3) is 22.6 Å². The van der Waals surface area contributed by atoms with Gasteiger partial charge in [-0.2, -0.15) is 0 Å². The van der Waals surface area contributed by atoms with Crippen molar-refractivity contribution in [3.8, 4) is 28.4 Å². The molecule has 0 spiro atoms. The van der Waals surface area contributed by atoms with Gasteiger partial charge in [0.15, 0.2) is 5.82 Å². The highest BCUT2D eigenvalue weighted by atomic mass is 35.5. The molecule has 1 saturated heterocycles. The fraction of sp³-hybridized carbons (Fsp3) is 0.480. The van der Waals surface area contributed by atoms with Gasteiger partial charge in [0.05, 0.1) is 22.0 Å². The van der Waals surface area contributed by atoms with Crippen molar-refractivity contribution in [3.05, 3.63) is 45.9 Å². The first-order chi connectivity index (χ1) is 16.4. The number of aryl methyl sites for hydroxylation is 2. The smallest absolute Gasteiger partial charge is 0.161 e. The minimum Gasteiger partial charge on any atom is -0.491 e. The molecule has 0 unspecified atom stereocenters. The van der Waals surface area contributed by atoms with E-state index in [1.54, 1.807) is 19.2 Å². The van der Waals surface area contributed by atoms with Crippen LogP contribution in [0.1, 0.15) is 29.1 Å². The second-order valence-electron chi connectivity index (χ2n) is 8.76. The molecule has 3 heterocycles. The Morgan fingerprint density at radius 2 is 2.09 bits per heavy atom. The number of hydrogen-bond donors (Lipinski definition) is 2. The number of aromatic nitrogens is 3. The Kier molecular flexibility index (Phi) is 7.83. The maximum Gasteiger partial charge on any atom is 0.161 e. The Balaban J connectivity index is 1.76. The van der Waals surface area contributed by atoms with Gasteiger partial charge in [-0.25, -0.2) is 9.97 Å². The van der Waals surface area contributed by atoms with Crippen LogP contribution >= 0.6 is 11.6 Å². The third-order valence-electron chi connectivity index (χ3n) is 6.08. The van der Waals surface area contributed by atoms with E-state index in [0.717, 1.165) is 54.3 Å². The third-order valence-corrected chi connectivity index (χ3v) is 6.41. The van der Waals surface area contributed by atoms with Crippen molar-refractivity contribution in [2.45, 2.75) is 39.7 Å². The molecule has 1 aromatic carbocycles. The predicted molar refractivity (Wildman–Crippen MR) is 130 cm³/mol. The molecule has 2 atom stereocenters. The Morgan fingerprint density at radius 3 is 2.76 bits per heavy atom. The van der Waals surface area contributed by atoms with Gasteiger partial charge in [0.2, 0.25) is 0 Å². The van der Waals surface area contributed by atoms with Crippen LogP contribution in [0.3, 0.4) is 0 Å². The zero-order valence-corrected chi connectivity index (χ0v) is 20.8. The number of rotatable bonds is 9. The Labute approximate surface area is 204 Å². The van der Waals surface area contributed by atoms with Gasteiger partial charge in [0, 0.05) is 31.0 Å². The van der Waals surface area contributed by atoms with E-state index < -0.39 is 6.10 Å². The molecule has 1 fully saturated rings. The van der Waals surface area contributed by atoms with E-state index in [2.05, 4.69) is 10.5 Å². The van der Waals surface area contributed by atoms with Crippen LogP contribution in [0.5, 0.6) is 5.75 Å². The predicted octanol–water partition coefficient (Wildman–Crippen LogP) is 3.92. The summed E-state index contributed by atoms with van der Waals surface area (Å²) in [6.45, 7) is 7.96. The summed E-state index contributed by atoms with van der Waals surface area (Å²) in [7, 11) is 1.78. The highest BCUT2D eigenvalue weighted by molar-refractivity contribution is 6.33. The monoisotopic (exact) mass is 486 g/mol. The Morgan fingerprint density at radius 1 is 1.26 bits per heavy atom. The lowest BCUT2D eigenvalue weighted by Crippen LogP contribution is -2.29. The molecule has 0 radical (unpaired) electrons. The Bertz CT molecular complexity index is 1120. The van der Waals surface area contributed by atoms with Crippen molar-refractivity contribution in [3.63, 3.8) is 0 Å². The minimum absolute atomic E-state index is 0.161. The van der Waals surface area contributed by atoms with Gasteiger partial charge in [0.25, 0.3) is 0 Å². The van der Waals surface area contributed by atoms with Gasteiger partial charge in [-0.3, -0.25) is 0 Å². The first-order valence-electron chi connectivity index (χ1n) is 11.5. The van der Waals surface area contributed by atoms with Crippen LogP contribution in [0, 0.1) is 26.7 Å². The molecule has 3 aromatic rings. The molecule has 0 bridgehead atoms. The topological polar surface area (TPSA) is 103 Å². The first kappa shape index (κ1) is 24.6. The summed E-state index contributed by atoms with van der Waals surface area (Å²) in [6, 6.07) is 5.36. The summed E-state index contributed by atoms with van der Waals surface area (Å²) >= 11 is 6.60. The number of likely N-dealkylation sites (N-methyl/N-ethyl adjacent to an activating group) is 1. The quantitative estimate of drug-likeness (QED) is 0.469. The van der Waals surface area contributed by atoms with Crippen LogP contribution in [-0.2, 0) is 11.2 Å². The van der Waals surface area contributed by atoms with Crippen molar-refractivity contribution >= 4 is 11.6 Å². The zero-order chi connectivity index (χ0) is 24.2. The summed E-state index contributed by atoms with van der Waals surface area (Å²) in [5.74, 6) is 2.23. The van der Waals surface area contributed by atoms with E-state index in [1.807, 2.05) is 26.8 Å². The second kappa shape index (κ2) is 10.8.